The molecule has 0 fully saturated rings. The van der Waals surface area contributed by atoms with Gasteiger partial charge in [0.2, 0.25) is 0 Å². The van der Waals surface area contributed by atoms with Crippen molar-refractivity contribution in [1.82, 2.24) is 0 Å². The zero-order valence-corrected chi connectivity index (χ0v) is 22.4. The zero-order valence-electron chi connectivity index (χ0n) is 21.5. The second-order valence-corrected chi connectivity index (χ2v) is 11.7. The molecule has 3 N–H and O–H groups in total. The first kappa shape index (κ1) is 28.8. The molecule has 0 aliphatic rings. The largest absolute Gasteiger partial charge is 0.481 e. The molecule has 6 nitrogen and oxygen atoms in total. The van der Waals surface area contributed by atoms with Crippen LogP contribution in [0.2, 0.25) is 0 Å². The van der Waals surface area contributed by atoms with E-state index in [1.54, 1.807) is 0 Å². The Bertz CT molecular complexity index is 989. The van der Waals surface area contributed by atoms with Crippen LogP contribution in [-0.4, -0.2) is 44.3 Å². The van der Waals surface area contributed by atoms with Crippen LogP contribution in [0.15, 0.2) is 24.3 Å². The van der Waals surface area contributed by atoms with Crippen molar-refractivity contribution in [2.75, 3.05) is 0 Å². The molecule has 0 spiro atoms. The number of hydrogen-bond donors (Lipinski definition) is 3. The molecule has 0 amide bonds. The van der Waals surface area contributed by atoms with E-state index < -0.39 is 36.9 Å². The smallest absolute Gasteiger partial charge is 0.311 e. The quantitative estimate of drug-likeness (QED) is 0.195. The number of unbranched alkanes of at least 4 members (excludes halogenated alkanes) is 2. The van der Waals surface area contributed by atoms with Gasteiger partial charge in [0.1, 0.15) is 0 Å². The zero-order chi connectivity index (χ0) is 26.4. The summed E-state index contributed by atoms with van der Waals surface area (Å²) in [6, 6.07) is 7.54. The number of aliphatic hydroxyl groups is 2. The molecule has 190 valence electrons. The van der Waals surface area contributed by atoms with Gasteiger partial charge in [-0.3, -0.25) is 14.4 Å². The maximum absolute atomic E-state index is 14.0. The topological polar surface area (TPSA) is 112 Å². The Balaban J connectivity index is 2.56. The second kappa shape index (κ2) is 12.5. The Kier molecular flexibility index (Phi) is 10.3. The van der Waals surface area contributed by atoms with E-state index >= 15 is 0 Å². The Hall–Kier alpha value is -2.40. The van der Waals surface area contributed by atoms with E-state index in [4.69, 9.17) is 10.2 Å². The van der Waals surface area contributed by atoms with E-state index in [0.717, 1.165) is 33.4 Å². The van der Waals surface area contributed by atoms with Crippen molar-refractivity contribution in [3.05, 3.63) is 68.8 Å². The fourth-order valence-corrected chi connectivity index (χ4v) is 7.45. The summed E-state index contributed by atoms with van der Waals surface area (Å²) in [7, 11) is -2.23. The Morgan fingerprint density at radius 1 is 0.686 bits per heavy atom. The lowest BCUT2D eigenvalue weighted by Crippen LogP contribution is -2.27. The molecule has 2 aromatic carbocycles. The molecule has 0 heterocycles. The van der Waals surface area contributed by atoms with Crippen molar-refractivity contribution in [3.8, 4) is 0 Å². The SMILES string of the molecule is Cc1cc(C)c(C(=O)P(C(=O)c2c(C)cc(C)cc2C)C(CCCCCC(O)O)C(=O)O)c(C)c1. The maximum atomic E-state index is 14.0. The molecule has 0 aromatic heterocycles. The highest BCUT2D eigenvalue weighted by molar-refractivity contribution is 7.91. The van der Waals surface area contributed by atoms with E-state index in [0.29, 0.717) is 30.4 Å². The number of aliphatic carboxylic acids is 1. The van der Waals surface area contributed by atoms with Gasteiger partial charge in [0.15, 0.2) is 17.3 Å². The van der Waals surface area contributed by atoms with Crippen LogP contribution in [0.5, 0.6) is 0 Å². The summed E-state index contributed by atoms with van der Waals surface area (Å²) in [5.74, 6) is -1.15. The predicted octanol–water partition coefficient (Wildman–Crippen LogP) is 5.71. The molecule has 0 saturated carbocycles. The Morgan fingerprint density at radius 3 is 1.40 bits per heavy atom. The number of carbonyl (C=O) groups is 3. The number of aliphatic hydroxyl groups excluding tert-OH is 1. The molecule has 0 aliphatic carbocycles. The minimum Gasteiger partial charge on any atom is -0.481 e. The second-order valence-electron chi connectivity index (χ2n) is 9.50. The molecule has 0 saturated heterocycles. The molecular formula is C28H37O6P. The van der Waals surface area contributed by atoms with E-state index in [-0.39, 0.29) is 12.8 Å². The molecule has 1 atom stereocenters. The molecule has 35 heavy (non-hydrogen) atoms. The highest BCUT2D eigenvalue weighted by atomic mass is 31.1. The first-order valence-corrected chi connectivity index (χ1v) is 13.4. The predicted molar refractivity (Wildman–Crippen MR) is 140 cm³/mol. The highest BCUT2D eigenvalue weighted by Gasteiger charge is 2.41. The van der Waals surface area contributed by atoms with Crippen molar-refractivity contribution >= 4 is 24.9 Å². The minimum atomic E-state index is -2.23. The first-order valence-electron chi connectivity index (χ1n) is 12.0. The van der Waals surface area contributed by atoms with Crippen LogP contribution in [-0.2, 0) is 4.79 Å². The number of benzene rings is 2. The summed E-state index contributed by atoms with van der Waals surface area (Å²) >= 11 is 0. The number of hydrogen-bond acceptors (Lipinski definition) is 5. The van der Waals surface area contributed by atoms with Gasteiger partial charge in [-0.2, -0.15) is 0 Å². The van der Waals surface area contributed by atoms with Crippen LogP contribution in [0.3, 0.4) is 0 Å². The van der Waals surface area contributed by atoms with E-state index in [9.17, 15) is 19.5 Å². The third kappa shape index (κ3) is 7.30. The third-order valence-corrected chi connectivity index (χ3v) is 8.68. The van der Waals surface area contributed by atoms with Crippen molar-refractivity contribution in [2.24, 2.45) is 0 Å². The summed E-state index contributed by atoms with van der Waals surface area (Å²) in [5.41, 5.74) is 3.94. The van der Waals surface area contributed by atoms with Crippen LogP contribution in [0, 0.1) is 41.5 Å². The van der Waals surface area contributed by atoms with Crippen molar-refractivity contribution in [3.63, 3.8) is 0 Å². The molecule has 2 aromatic rings. The van der Waals surface area contributed by atoms with Gasteiger partial charge in [-0.05, 0) is 83.1 Å². The number of rotatable bonds is 12. The lowest BCUT2D eigenvalue weighted by Gasteiger charge is -2.25. The first-order chi connectivity index (χ1) is 16.3. The fraction of sp³-hybridized carbons (Fsp3) is 0.464. The van der Waals surface area contributed by atoms with Crippen molar-refractivity contribution in [2.45, 2.75) is 85.6 Å². The summed E-state index contributed by atoms with van der Waals surface area (Å²) in [4.78, 5) is 40.5. The number of carboxylic acid groups (broad SMARTS) is 1. The number of carbonyl (C=O) groups excluding carboxylic acids is 2. The van der Waals surface area contributed by atoms with E-state index in [1.807, 2.05) is 65.8 Å². The average molecular weight is 501 g/mol. The normalized spacial score (nSPS) is 12.3. The number of carboxylic acids is 1. The standard InChI is InChI=1S/C28H37O6P/c1-16-12-18(3)24(19(4)13-16)27(33)35(22(26(31)32)10-8-7-9-11-23(29)30)28(34)25-20(5)14-17(2)15-21(25)6/h12-15,22-23,29-30H,7-11H2,1-6H3,(H,31,32). The van der Waals surface area contributed by atoms with Crippen molar-refractivity contribution in [1.29, 1.82) is 0 Å². The summed E-state index contributed by atoms with van der Waals surface area (Å²) in [6.07, 6.45) is 0.558. The van der Waals surface area contributed by atoms with Crippen LogP contribution in [0.4, 0.5) is 0 Å². The van der Waals surface area contributed by atoms with Gasteiger partial charge in [-0.15, -0.1) is 0 Å². The Morgan fingerprint density at radius 2 is 1.06 bits per heavy atom. The summed E-state index contributed by atoms with van der Waals surface area (Å²) in [6.45, 7) is 11.2. The van der Waals surface area contributed by atoms with Gasteiger partial charge in [0.25, 0.3) is 0 Å². The summed E-state index contributed by atoms with van der Waals surface area (Å²) in [5, 5.41) is 28.3. The minimum absolute atomic E-state index is 0.175. The van der Waals surface area contributed by atoms with Crippen LogP contribution < -0.4 is 0 Å². The molecule has 0 radical (unpaired) electrons. The molecule has 7 heteroatoms. The highest BCUT2D eigenvalue weighted by Crippen LogP contribution is 2.51. The van der Waals surface area contributed by atoms with E-state index in [2.05, 4.69) is 0 Å². The molecule has 0 aliphatic heterocycles. The van der Waals surface area contributed by atoms with Crippen LogP contribution in [0.25, 0.3) is 0 Å². The van der Waals surface area contributed by atoms with Gasteiger partial charge >= 0.3 is 5.97 Å². The van der Waals surface area contributed by atoms with Gasteiger partial charge in [-0.25, -0.2) is 0 Å². The van der Waals surface area contributed by atoms with E-state index in [1.165, 1.54) is 0 Å². The van der Waals surface area contributed by atoms with Gasteiger partial charge in [0, 0.05) is 11.1 Å². The third-order valence-electron chi connectivity index (χ3n) is 6.26. The maximum Gasteiger partial charge on any atom is 0.311 e. The average Bonchev–Trinajstić information content (AvgIpc) is 2.70. The summed E-state index contributed by atoms with van der Waals surface area (Å²) < 4.78 is 0. The van der Waals surface area contributed by atoms with Gasteiger partial charge < -0.3 is 15.3 Å². The molecule has 2 rings (SSSR count). The number of aryl methyl sites for hydroxylation is 6. The lowest BCUT2D eigenvalue weighted by molar-refractivity contribution is -0.136. The molecule has 0 bridgehead atoms. The molecule has 1 unspecified atom stereocenters. The van der Waals surface area contributed by atoms with Gasteiger partial charge in [-0.1, -0.05) is 48.2 Å². The van der Waals surface area contributed by atoms with Crippen molar-refractivity contribution < 1.29 is 29.7 Å². The monoisotopic (exact) mass is 500 g/mol. The van der Waals surface area contributed by atoms with Crippen LogP contribution in [0.1, 0.15) is 86.2 Å². The van der Waals surface area contributed by atoms with Crippen LogP contribution >= 0.6 is 7.92 Å². The lowest BCUT2D eigenvalue weighted by atomic mass is 10.0. The fourth-order valence-electron chi connectivity index (χ4n) is 4.86. The molecular weight excluding hydrogens is 463 g/mol. The van der Waals surface area contributed by atoms with Gasteiger partial charge in [0.05, 0.1) is 13.6 Å². The Labute approximate surface area is 209 Å².